The molecule has 2 atom stereocenters. The van der Waals surface area contributed by atoms with Crippen LogP contribution in [0, 0.1) is 40.8 Å². The van der Waals surface area contributed by atoms with Crippen LogP contribution in [-0.2, 0) is 12.8 Å². The maximum atomic E-state index is 13.0. The van der Waals surface area contributed by atoms with Crippen molar-refractivity contribution in [2.75, 3.05) is 13.2 Å². The summed E-state index contributed by atoms with van der Waals surface area (Å²) in [4.78, 5) is 42.6. The number of pyridine rings is 2. The molecule has 0 fully saturated rings. The summed E-state index contributed by atoms with van der Waals surface area (Å²) < 4.78 is 26.3. The Kier molecular flexibility index (Phi) is 21.9. The molecule has 6 aromatic heterocycles. The summed E-state index contributed by atoms with van der Waals surface area (Å²) in [7, 11) is -1.48. The smallest absolute Gasteiger partial charge is 0.494 e. The van der Waals surface area contributed by atoms with Crippen LogP contribution in [0.25, 0.3) is 54.6 Å². The Bertz CT molecular complexity index is 4080. The fourth-order valence-electron chi connectivity index (χ4n) is 9.88. The molecule has 0 spiro atoms. The monoisotopic (exact) mass is 1250 g/mol. The number of imidazole rings is 2. The quantitative estimate of drug-likeness (QED) is 0.0307. The zero-order chi connectivity index (χ0) is 63.2. The number of nitrogens with one attached hydrogen (secondary N) is 2. The van der Waals surface area contributed by atoms with E-state index in [9.17, 15) is 19.8 Å². The van der Waals surface area contributed by atoms with Crippen LogP contribution in [0.15, 0.2) is 148 Å². The number of benzene rings is 4. The van der Waals surface area contributed by atoms with Gasteiger partial charge in [-0.25, -0.2) is 19.7 Å². The van der Waals surface area contributed by atoms with Gasteiger partial charge >= 0.3 is 7.12 Å². The molecule has 0 aliphatic carbocycles. The van der Waals surface area contributed by atoms with Gasteiger partial charge in [0, 0.05) is 83.4 Å². The fourth-order valence-corrected chi connectivity index (χ4v) is 10.3. The number of fused-ring (bicyclic) bond motifs is 2. The van der Waals surface area contributed by atoms with Crippen molar-refractivity contribution >= 4 is 63.0 Å². The number of rotatable bonds is 20. The maximum absolute atomic E-state index is 13.0. The molecule has 0 radical (unpaired) electrons. The highest BCUT2D eigenvalue weighted by Crippen LogP contribution is 2.34. The number of halogens is 1. The summed E-state index contributed by atoms with van der Waals surface area (Å²) >= 11 is 3.53. The summed E-state index contributed by atoms with van der Waals surface area (Å²) in [5.41, 5.74) is 12.3. The summed E-state index contributed by atoms with van der Waals surface area (Å²) in [6.45, 7) is 29.4. The molecule has 0 saturated carbocycles. The van der Waals surface area contributed by atoms with E-state index in [-0.39, 0.29) is 55.0 Å². The van der Waals surface area contributed by atoms with Crippen LogP contribution >= 0.6 is 15.9 Å². The van der Waals surface area contributed by atoms with Crippen LogP contribution in [-0.4, -0.2) is 106 Å². The molecule has 6 heterocycles. The molecule has 0 aliphatic rings. The lowest BCUT2D eigenvalue weighted by molar-refractivity contribution is 0.0921. The average Bonchev–Trinajstić information content (AvgIpc) is 2.79. The Hall–Kier alpha value is -9.42. The molecule has 6 N–H and O–H groups in total. The summed E-state index contributed by atoms with van der Waals surface area (Å²) in [6.07, 6.45) is 9.67. The van der Waals surface area contributed by atoms with Crippen molar-refractivity contribution in [2.45, 2.75) is 105 Å². The van der Waals surface area contributed by atoms with Crippen LogP contribution in [0.4, 0.5) is 11.4 Å². The standard InChI is InChI=1S/C33H33N5O4.C28H27BrN4O3.C5H8BNO3/c1-20(2)41-30-13-12-25(18-28(30)34-5)33(40)35-26(14-16-39)17-23-8-10-24(11-9-23)29-19-38-15-6-7-27(32(38)36-29)31-21(3)37-42-22(31)4;1-18(2)36-26-11-10-21(16-24(26)30-3)28(35)31-22(12-14-34)15-19-6-8-20(9-7-19)25-17-33-13-4-5-23(29)27(33)32-25;1-3-5(6(8)9)4(2)10-7-3/h6-13,15,18-20,26,39H,14,16-17H2,1-4H3,(H,35,40);4-11,13,16-18,22,34H,12,14-15H2,1-2H3,(H,31,35);8-9H,1-2H3/t26-;22-;/m11./s1. The Morgan fingerprint density at radius 3 is 1.49 bits per heavy atom. The topological polar surface area (TPSA) is 253 Å². The molecule has 2 amide bonds. The van der Waals surface area contributed by atoms with E-state index in [1.807, 2.05) is 148 Å². The summed E-state index contributed by atoms with van der Waals surface area (Å²) in [6, 6.07) is 33.2. The zero-order valence-corrected chi connectivity index (χ0v) is 51.6. The SMILES string of the molecule is Cc1noc(C)c1B(O)O.[C-]#[N+]c1cc(C(=O)N[C@H](CCO)Cc2ccc(-c3cn4cccc(-c5c(C)noc5C)c4n3)cc2)ccc1OC(C)C.[C-]#[N+]c1cc(C(=O)N[C@H](CCO)Cc2ccc(-c3cn4cccc(Br)c4n3)cc2)ccc1OC(C)C. The molecule has 0 bridgehead atoms. The third kappa shape index (κ3) is 16.2. The van der Waals surface area contributed by atoms with Crippen molar-refractivity contribution in [2.24, 2.45) is 0 Å². The predicted molar refractivity (Wildman–Crippen MR) is 340 cm³/mol. The highest BCUT2D eigenvalue weighted by Gasteiger charge is 2.23. The molecular weight excluding hydrogens is 1180 g/mol. The second kappa shape index (κ2) is 29.8. The van der Waals surface area contributed by atoms with E-state index in [1.54, 1.807) is 38.1 Å². The first-order chi connectivity index (χ1) is 42.3. The van der Waals surface area contributed by atoms with Gasteiger partial charge in [-0.2, -0.15) is 0 Å². The van der Waals surface area contributed by atoms with Gasteiger partial charge < -0.3 is 58.2 Å². The van der Waals surface area contributed by atoms with Crippen LogP contribution in [0.1, 0.15) is 95.3 Å². The molecule has 0 saturated heterocycles. The molecular formula is C66H68BBrN10O10. The molecule has 0 unspecified atom stereocenters. The predicted octanol–water partition coefficient (Wildman–Crippen LogP) is 11.1. The van der Waals surface area contributed by atoms with Crippen LogP contribution < -0.4 is 25.6 Å². The number of carbonyl (C=O) groups excluding carboxylic acids is 2. The Morgan fingerprint density at radius 2 is 1.09 bits per heavy atom. The van der Waals surface area contributed by atoms with Crippen LogP contribution in [0.5, 0.6) is 11.5 Å². The lowest BCUT2D eigenvalue weighted by atomic mass is 9.79. The van der Waals surface area contributed by atoms with E-state index >= 15 is 0 Å². The molecule has 4 aromatic carbocycles. The molecule has 10 rings (SSSR count). The number of aliphatic hydroxyl groups is 2. The van der Waals surface area contributed by atoms with Gasteiger partial charge in [0.05, 0.1) is 58.2 Å². The number of nitrogens with zero attached hydrogens (tertiary/aromatic N) is 8. The van der Waals surface area contributed by atoms with E-state index in [4.69, 9.17) is 47.2 Å². The number of ether oxygens (including phenoxy) is 2. The zero-order valence-electron chi connectivity index (χ0n) is 50.0. The Balaban J connectivity index is 0.000000198. The van der Waals surface area contributed by atoms with Gasteiger partial charge in [0.15, 0.2) is 5.65 Å². The van der Waals surface area contributed by atoms with E-state index in [1.165, 1.54) is 12.1 Å². The van der Waals surface area contributed by atoms with Crippen molar-refractivity contribution in [3.05, 3.63) is 206 Å². The van der Waals surface area contributed by atoms with Crippen molar-refractivity contribution in [3.8, 4) is 45.1 Å². The van der Waals surface area contributed by atoms with E-state index < -0.39 is 7.12 Å². The number of aliphatic hydroxyl groups excluding tert-OH is 2. The molecule has 88 heavy (non-hydrogen) atoms. The van der Waals surface area contributed by atoms with Gasteiger partial charge in [0.2, 0.25) is 23.2 Å². The third-order valence-corrected chi connectivity index (χ3v) is 14.7. The van der Waals surface area contributed by atoms with Gasteiger partial charge in [-0.1, -0.05) is 58.8 Å². The van der Waals surface area contributed by atoms with Crippen LogP contribution in [0.3, 0.4) is 0 Å². The Labute approximate surface area is 518 Å². The molecule has 452 valence electrons. The van der Waals surface area contributed by atoms with Crippen molar-refractivity contribution in [1.29, 1.82) is 0 Å². The fraction of sp³-hybridized carbons (Fsp3) is 0.273. The highest BCUT2D eigenvalue weighted by atomic mass is 79.9. The number of hydrogen-bond donors (Lipinski definition) is 6. The number of amides is 2. The normalized spacial score (nSPS) is 11.7. The van der Waals surface area contributed by atoms with Crippen molar-refractivity contribution in [1.82, 2.24) is 39.7 Å². The molecule has 10 aromatic rings. The van der Waals surface area contributed by atoms with E-state index in [0.717, 1.165) is 72.0 Å². The van der Waals surface area contributed by atoms with Gasteiger partial charge in [-0.3, -0.25) is 9.59 Å². The number of hydrogen-bond acceptors (Lipinski definition) is 14. The lowest BCUT2D eigenvalue weighted by Gasteiger charge is -2.19. The van der Waals surface area contributed by atoms with Gasteiger partial charge in [-0.15, -0.1) is 0 Å². The van der Waals surface area contributed by atoms with Crippen LogP contribution in [0.2, 0.25) is 0 Å². The summed E-state index contributed by atoms with van der Waals surface area (Å²) in [5.74, 6) is 1.53. The number of aryl methyl sites for hydroxylation is 4. The second-order valence-corrected chi connectivity index (χ2v) is 22.2. The van der Waals surface area contributed by atoms with E-state index in [2.05, 4.69) is 51.1 Å². The minimum absolute atomic E-state index is 0.0480. The third-order valence-electron chi connectivity index (χ3n) is 14.1. The van der Waals surface area contributed by atoms with Gasteiger partial charge in [0.25, 0.3) is 0 Å². The lowest BCUT2D eigenvalue weighted by Crippen LogP contribution is -2.37. The van der Waals surface area contributed by atoms with Gasteiger partial charge in [0.1, 0.15) is 28.7 Å². The number of aromatic nitrogens is 6. The minimum atomic E-state index is -1.48. The molecule has 0 aliphatic heterocycles. The Morgan fingerprint density at radius 1 is 0.636 bits per heavy atom. The first-order valence-electron chi connectivity index (χ1n) is 28.5. The first kappa shape index (κ1) is 64.6. The van der Waals surface area contributed by atoms with Crippen molar-refractivity contribution in [3.63, 3.8) is 0 Å². The maximum Gasteiger partial charge on any atom is 0.494 e. The largest absolute Gasteiger partial charge is 0.502 e. The summed E-state index contributed by atoms with van der Waals surface area (Å²) in [5, 5.41) is 50.3. The van der Waals surface area contributed by atoms with E-state index in [0.29, 0.717) is 70.9 Å². The minimum Gasteiger partial charge on any atom is -0.502 e. The molecule has 22 heteroatoms. The second-order valence-electron chi connectivity index (χ2n) is 21.4. The van der Waals surface area contributed by atoms with Gasteiger partial charge in [-0.05, 0) is 169 Å². The van der Waals surface area contributed by atoms with Crippen molar-refractivity contribution < 1.29 is 48.4 Å². The highest BCUT2D eigenvalue weighted by molar-refractivity contribution is 9.10. The molecule has 20 nitrogen and oxygen atoms in total. The average molecular weight is 1250 g/mol. The number of carbonyl (C=O) groups is 2. The first-order valence-corrected chi connectivity index (χ1v) is 29.3.